The monoisotopic (exact) mass is 258 g/mol. The van der Waals surface area contributed by atoms with Gasteiger partial charge in [-0.2, -0.15) is 10.5 Å². The average molecular weight is 259 g/mol. The number of fused-ring (bicyclic) bond motifs is 1. The third-order valence-corrected chi connectivity index (χ3v) is 3.68. The molecule has 90 valence electrons. The number of carbonyl (C=O) groups excluding carboxylic acids is 1. The maximum atomic E-state index is 12.3. The van der Waals surface area contributed by atoms with Crippen LogP contribution in [0.5, 0.6) is 0 Å². The normalized spacial score (nSPS) is 22.9. The summed E-state index contributed by atoms with van der Waals surface area (Å²) in [7, 11) is 0. The minimum atomic E-state index is -1.03. The van der Waals surface area contributed by atoms with Gasteiger partial charge in [0.15, 0.2) is 5.78 Å². The molecule has 2 rings (SSSR count). The predicted octanol–water partition coefficient (Wildman–Crippen LogP) is 2.85. The van der Waals surface area contributed by atoms with Crippen molar-refractivity contribution in [3.05, 3.63) is 35.4 Å². The van der Waals surface area contributed by atoms with E-state index in [0.29, 0.717) is 24.8 Å². The molecule has 0 radical (unpaired) electrons. The van der Waals surface area contributed by atoms with E-state index in [4.69, 9.17) is 16.9 Å². The first-order chi connectivity index (χ1) is 8.63. The highest BCUT2D eigenvalue weighted by atomic mass is 35.5. The maximum absolute atomic E-state index is 12.3. The summed E-state index contributed by atoms with van der Waals surface area (Å²) in [6.45, 7) is 0. The van der Waals surface area contributed by atoms with E-state index < -0.39 is 10.8 Å². The van der Waals surface area contributed by atoms with Crippen LogP contribution < -0.4 is 0 Å². The Kier molecular flexibility index (Phi) is 3.36. The number of nitrogens with zero attached hydrogens (tertiary/aromatic N) is 2. The Morgan fingerprint density at radius 1 is 1.39 bits per heavy atom. The van der Waals surface area contributed by atoms with Crippen molar-refractivity contribution in [2.45, 2.75) is 24.6 Å². The smallest absolute Gasteiger partial charge is 0.183 e. The molecule has 1 aliphatic carbocycles. The third kappa shape index (κ3) is 1.98. The van der Waals surface area contributed by atoms with E-state index in [1.165, 1.54) is 0 Å². The van der Waals surface area contributed by atoms with E-state index in [2.05, 4.69) is 6.07 Å². The molecular weight excluding hydrogens is 248 g/mol. The summed E-state index contributed by atoms with van der Waals surface area (Å²) < 4.78 is 0. The molecule has 0 aliphatic heterocycles. The lowest BCUT2D eigenvalue weighted by Gasteiger charge is -2.18. The van der Waals surface area contributed by atoms with Crippen LogP contribution in [0.25, 0.3) is 0 Å². The molecule has 0 saturated carbocycles. The van der Waals surface area contributed by atoms with Crippen molar-refractivity contribution >= 4 is 17.4 Å². The highest BCUT2D eigenvalue weighted by Gasteiger charge is 2.45. The Morgan fingerprint density at radius 2 is 2.11 bits per heavy atom. The SMILES string of the molecule is N#C[C@@H](Cl)CCC1(C#N)Cc2ccccc2C1=O. The Hall–Kier alpha value is -1.84. The predicted molar refractivity (Wildman–Crippen MR) is 67.0 cm³/mol. The number of hydrogen-bond donors (Lipinski definition) is 0. The fraction of sp³-hybridized carbons (Fsp3) is 0.357. The summed E-state index contributed by atoms with van der Waals surface area (Å²) in [5.41, 5.74) is 0.502. The number of Topliss-reactive ketones (excluding diaryl/α,β-unsaturated/α-hetero) is 1. The van der Waals surface area contributed by atoms with Gasteiger partial charge in [-0.15, -0.1) is 11.6 Å². The Labute approximate surface area is 111 Å². The second kappa shape index (κ2) is 4.80. The molecule has 1 unspecified atom stereocenters. The third-order valence-electron chi connectivity index (χ3n) is 3.37. The number of halogens is 1. The van der Waals surface area contributed by atoms with Crippen molar-refractivity contribution in [3.63, 3.8) is 0 Å². The first kappa shape index (κ1) is 12.6. The second-order valence-corrected chi connectivity index (χ2v) is 5.02. The molecule has 2 atom stereocenters. The molecule has 1 aromatic carbocycles. The van der Waals surface area contributed by atoms with Gasteiger partial charge in [-0.25, -0.2) is 0 Å². The number of carbonyl (C=O) groups is 1. The summed E-state index contributed by atoms with van der Waals surface area (Å²) in [6.07, 6.45) is 1.11. The zero-order chi connectivity index (χ0) is 13.2. The molecule has 0 fully saturated rings. The quantitative estimate of drug-likeness (QED) is 0.783. The number of hydrogen-bond acceptors (Lipinski definition) is 3. The number of alkyl halides is 1. The zero-order valence-electron chi connectivity index (χ0n) is 9.69. The van der Waals surface area contributed by atoms with E-state index in [1.807, 2.05) is 18.2 Å². The van der Waals surface area contributed by atoms with Crippen molar-refractivity contribution in [2.75, 3.05) is 0 Å². The van der Waals surface area contributed by atoms with Crippen molar-refractivity contribution in [2.24, 2.45) is 5.41 Å². The number of benzene rings is 1. The van der Waals surface area contributed by atoms with Gasteiger partial charge in [0, 0.05) is 5.56 Å². The first-order valence-electron chi connectivity index (χ1n) is 5.70. The minimum absolute atomic E-state index is 0.137. The van der Waals surface area contributed by atoms with Crippen LogP contribution in [-0.4, -0.2) is 11.2 Å². The van der Waals surface area contributed by atoms with E-state index in [9.17, 15) is 10.1 Å². The van der Waals surface area contributed by atoms with Crippen molar-refractivity contribution < 1.29 is 4.79 Å². The maximum Gasteiger partial charge on any atom is 0.183 e. The second-order valence-electron chi connectivity index (χ2n) is 4.49. The number of rotatable bonds is 3. The van der Waals surface area contributed by atoms with Gasteiger partial charge in [0.25, 0.3) is 0 Å². The van der Waals surface area contributed by atoms with Gasteiger partial charge in [0.1, 0.15) is 10.8 Å². The number of nitriles is 2. The highest BCUT2D eigenvalue weighted by Crippen LogP contribution is 2.40. The van der Waals surface area contributed by atoms with Crippen molar-refractivity contribution in [3.8, 4) is 12.1 Å². The average Bonchev–Trinajstić information content (AvgIpc) is 2.70. The largest absolute Gasteiger partial charge is 0.292 e. The van der Waals surface area contributed by atoms with Gasteiger partial charge < -0.3 is 0 Å². The molecule has 0 spiro atoms. The van der Waals surface area contributed by atoms with E-state index in [0.717, 1.165) is 5.56 Å². The molecule has 0 heterocycles. The lowest BCUT2D eigenvalue weighted by Crippen LogP contribution is -2.27. The molecule has 0 amide bonds. The molecule has 18 heavy (non-hydrogen) atoms. The summed E-state index contributed by atoms with van der Waals surface area (Å²) in [4.78, 5) is 12.3. The van der Waals surface area contributed by atoms with Gasteiger partial charge >= 0.3 is 0 Å². The van der Waals surface area contributed by atoms with E-state index >= 15 is 0 Å². The Balaban J connectivity index is 2.26. The molecule has 4 heteroatoms. The molecule has 0 aromatic heterocycles. The summed E-state index contributed by atoms with van der Waals surface area (Å²) in [6, 6.07) is 11.3. The topological polar surface area (TPSA) is 64.7 Å². The summed E-state index contributed by atoms with van der Waals surface area (Å²) in [5, 5.41) is 17.4. The fourth-order valence-corrected chi connectivity index (χ4v) is 2.45. The van der Waals surface area contributed by atoms with E-state index in [-0.39, 0.29) is 5.78 Å². The lowest BCUT2D eigenvalue weighted by molar-refractivity contribution is 0.0871. The molecule has 1 aliphatic rings. The van der Waals surface area contributed by atoms with Gasteiger partial charge in [-0.3, -0.25) is 4.79 Å². The first-order valence-corrected chi connectivity index (χ1v) is 6.14. The fourth-order valence-electron chi connectivity index (χ4n) is 2.34. The van der Waals surface area contributed by atoms with Crippen LogP contribution in [0.2, 0.25) is 0 Å². The summed E-state index contributed by atoms with van der Waals surface area (Å²) in [5.74, 6) is -0.137. The zero-order valence-corrected chi connectivity index (χ0v) is 10.4. The highest BCUT2D eigenvalue weighted by molar-refractivity contribution is 6.22. The van der Waals surface area contributed by atoms with Crippen LogP contribution in [0.3, 0.4) is 0 Å². The summed E-state index contributed by atoms with van der Waals surface area (Å²) >= 11 is 5.74. The van der Waals surface area contributed by atoms with E-state index in [1.54, 1.807) is 12.1 Å². The number of ketones is 1. The van der Waals surface area contributed by atoms with Crippen LogP contribution in [0, 0.1) is 28.1 Å². The van der Waals surface area contributed by atoms with Crippen LogP contribution >= 0.6 is 11.6 Å². The van der Waals surface area contributed by atoms with Gasteiger partial charge in [0.05, 0.1) is 12.1 Å². The van der Waals surface area contributed by atoms with Crippen LogP contribution in [-0.2, 0) is 6.42 Å². The molecule has 0 N–H and O–H groups in total. The van der Waals surface area contributed by atoms with Crippen LogP contribution in [0.4, 0.5) is 0 Å². The van der Waals surface area contributed by atoms with Gasteiger partial charge in [0.2, 0.25) is 0 Å². The molecule has 0 saturated heterocycles. The van der Waals surface area contributed by atoms with Crippen molar-refractivity contribution in [1.29, 1.82) is 10.5 Å². The van der Waals surface area contributed by atoms with Gasteiger partial charge in [-0.1, -0.05) is 24.3 Å². The van der Waals surface area contributed by atoms with Crippen LogP contribution in [0.1, 0.15) is 28.8 Å². The molecule has 0 bridgehead atoms. The minimum Gasteiger partial charge on any atom is -0.292 e. The van der Waals surface area contributed by atoms with Gasteiger partial charge in [-0.05, 0) is 24.8 Å². The lowest BCUT2D eigenvalue weighted by atomic mass is 9.80. The van der Waals surface area contributed by atoms with Crippen LogP contribution in [0.15, 0.2) is 24.3 Å². The molecular formula is C14H11ClN2O. The Morgan fingerprint density at radius 3 is 2.72 bits per heavy atom. The molecule has 1 aromatic rings. The van der Waals surface area contributed by atoms with Crippen molar-refractivity contribution in [1.82, 2.24) is 0 Å². The standard InChI is InChI=1S/C14H11ClN2O/c15-11(8-16)5-6-14(9-17)7-10-3-1-2-4-12(10)13(14)18/h1-4,11H,5-7H2/t11-,14?/m0/s1. The molecule has 3 nitrogen and oxygen atoms in total. The Bertz CT molecular complexity index is 570.